The molecule has 0 unspecified atom stereocenters. The summed E-state index contributed by atoms with van der Waals surface area (Å²) in [6, 6.07) is 9.44. The number of benzene rings is 1. The molecule has 17 heavy (non-hydrogen) atoms. The van der Waals surface area contributed by atoms with Crippen molar-refractivity contribution >= 4 is 11.6 Å². The average Bonchev–Trinajstić information content (AvgIpc) is 2.42. The smallest absolute Gasteiger partial charge is 0.224 e. The second kappa shape index (κ2) is 8.76. The Balaban J connectivity index is 0.000000202. The van der Waals surface area contributed by atoms with Crippen LogP contribution >= 0.6 is 0 Å². The SMILES string of the molecule is C1CC[NH2+]CC1.CCC(=O)Nc1ccccc1. The Kier molecular flexibility index (Phi) is 7.07. The van der Waals surface area contributed by atoms with Crippen LogP contribution in [0.3, 0.4) is 0 Å². The van der Waals surface area contributed by atoms with Crippen molar-refractivity contribution in [3.63, 3.8) is 0 Å². The minimum Gasteiger partial charge on any atom is -0.346 e. The molecular weight excluding hydrogens is 212 g/mol. The van der Waals surface area contributed by atoms with E-state index in [2.05, 4.69) is 10.6 Å². The van der Waals surface area contributed by atoms with E-state index in [0.29, 0.717) is 6.42 Å². The van der Waals surface area contributed by atoms with Gasteiger partial charge in [-0.2, -0.15) is 0 Å². The predicted molar refractivity (Wildman–Crippen MR) is 70.9 cm³/mol. The number of hydrogen-bond acceptors (Lipinski definition) is 1. The van der Waals surface area contributed by atoms with Crippen LogP contribution in [0.25, 0.3) is 0 Å². The van der Waals surface area contributed by atoms with Crippen molar-refractivity contribution in [3.8, 4) is 0 Å². The lowest BCUT2D eigenvalue weighted by Gasteiger charge is -2.05. The van der Waals surface area contributed by atoms with Crippen molar-refractivity contribution in [1.29, 1.82) is 0 Å². The van der Waals surface area contributed by atoms with E-state index in [1.807, 2.05) is 37.3 Å². The minimum atomic E-state index is 0.0520. The van der Waals surface area contributed by atoms with Crippen LogP contribution in [0.15, 0.2) is 30.3 Å². The van der Waals surface area contributed by atoms with Crippen LogP contribution in [-0.4, -0.2) is 19.0 Å². The van der Waals surface area contributed by atoms with Gasteiger partial charge in [0.05, 0.1) is 13.1 Å². The lowest BCUT2D eigenvalue weighted by atomic mass is 10.2. The van der Waals surface area contributed by atoms with Gasteiger partial charge in [-0.15, -0.1) is 0 Å². The highest BCUT2D eigenvalue weighted by atomic mass is 16.1. The van der Waals surface area contributed by atoms with Crippen LogP contribution in [-0.2, 0) is 4.79 Å². The fourth-order valence-electron chi connectivity index (χ4n) is 1.67. The van der Waals surface area contributed by atoms with Gasteiger partial charge in [0.15, 0.2) is 0 Å². The highest BCUT2D eigenvalue weighted by molar-refractivity contribution is 5.90. The summed E-state index contributed by atoms with van der Waals surface area (Å²) in [4.78, 5) is 10.9. The van der Waals surface area contributed by atoms with Crippen molar-refractivity contribution in [3.05, 3.63) is 30.3 Å². The Morgan fingerprint density at radius 1 is 1.18 bits per heavy atom. The third-order valence-corrected chi connectivity index (χ3v) is 2.70. The van der Waals surface area contributed by atoms with Crippen LogP contribution in [0.5, 0.6) is 0 Å². The molecule has 94 valence electrons. The molecule has 0 bridgehead atoms. The Labute approximate surface area is 104 Å². The number of quaternary nitrogens is 1. The summed E-state index contributed by atoms with van der Waals surface area (Å²) in [5.74, 6) is 0.0520. The maximum atomic E-state index is 10.9. The Bertz CT molecular complexity index is 296. The number of hydrogen-bond donors (Lipinski definition) is 2. The number of anilines is 1. The summed E-state index contributed by atoms with van der Waals surface area (Å²) in [7, 11) is 0. The van der Waals surface area contributed by atoms with Gasteiger partial charge in [-0.1, -0.05) is 25.1 Å². The van der Waals surface area contributed by atoms with E-state index in [4.69, 9.17) is 0 Å². The monoisotopic (exact) mass is 235 g/mol. The van der Waals surface area contributed by atoms with Gasteiger partial charge in [0.1, 0.15) is 0 Å². The summed E-state index contributed by atoms with van der Waals surface area (Å²) in [6.07, 6.45) is 4.88. The molecule has 1 heterocycles. The van der Waals surface area contributed by atoms with Gasteiger partial charge in [-0.25, -0.2) is 0 Å². The first-order chi connectivity index (χ1) is 8.33. The number of para-hydroxylation sites is 1. The van der Waals surface area contributed by atoms with E-state index in [1.165, 1.54) is 32.4 Å². The quantitative estimate of drug-likeness (QED) is 0.806. The summed E-state index contributed by atoms with van der Waals surface area (Å²) in [5, 5.41) is 5.14. The molecule has 3 N–H and O–H groups in total. The standard InChI is InChI=1S/C9H11NO.C5H11N/c1-2-9(11)10-8-6-4-3-5-7-8;1-2-4-6-5-3-1/h3-7H,2H2,1H3,(H,10,11);6H,1-5H2/p+1. The van der Waals surface area contributed by atoms with E-state index >= 15 is 0 Å². The van der Waals surface area contributed by atoms with E-state index < -0.39 is 0 Å². The molecule has 0 atom stereocenters. The second-order valence-corrected chi connectivity index (χ2v) is 4.19. The zero-order chi connectivity index (χ0) is 12.3. The maximum absolute atomic E-state index is 10.9. The third kappa shape index (κ3) is 6.74. The van der Waals surface area contributed by atoms with Crippen LogP contribution in [0.4, 0.5) is 5.69 Å². The number of nitrogens with one attached hydrogen (secondary N) is 1. The topological polar surface area (TPSA) is 45.7 Å². The molecule has 1 amide bonds. The summed E-state index contributed by atoms with van der Waals surface area (Å²) < 4.78 is 0. The molecule has 3 heteroatoms. The Morgan fingerprint density at radius 3 is 2.24 bits per heavy atom. The maximum Gasteiger partial charge on any atom is 0.224 e. The van der Waals surface area contributed by atoms with Gasteiger partial charge in [0, 0.05) is 12.1 Å². The first kappa shape index (κ1) is 13.7. The highest BCUT2D eigenvalue weighted by Gasteiger charge is 1.97. The molecule has 0 spiro atoms. The molecular formula is C14H23N2O+. The van der Waals surface area contributed by atoms with E-state index in [1.54, 1.807) is 0 Å². The number of rotatable bonds is 2. The molecule has 1 fully saturated rings. The summed E-state index contributed by atoms with van der Waals surface area (Å²) in [5.41, 5.74) is 0.861. The molecule has 1 aromatic rings. The Morgan fingerprint density at radius 2 is 1.82 bits per heavy atom. The second-order valence-electron chi connectivity index (χ2n) is 4.19. The molecule has 1 saturated heterocycles. The lowest BCUT2D eigenvalue weighted by molar-refractivity contribution is -0.662. The average molecular weight is 235 g/mol. The van der Waals surface area contributed by atoms with Gasteiger partial charge in [-0.3, -0.25) is 4.79 Å². The van der Waals surface area contributed by atoms with Crippen molar-refractivity contribution in [1.82, 2.24) is 0 Å². The van der Waals surface area contributed by atoms with Crippen LogP contribution in [0, 0.1) is 0 Å². The molecule has 0 aromatic heterocycles. The number of amides is 1. The largest absolute Gasteiger partial charge is 0.346 e. The van der Waals surface area contributed by atoms with Gasteiger partial charge in [0.2, 0.25) is 5.91 Å². The van der Waals surface area contributed by atoms with Gasteiger partial charge < -0.3 is 10.6 Å². The number of nitrogens with two attached hydrogens (primary N) is 1. The third-order valence-electron chi connectivity index (χ3n) is 2.70. The van der Waals surface area contributed by atoms with Crippen molar-refractivity contribution in [2.45, 2.75) is 32.6 Å². The normalized spacial score (nSPS) is 14.4. The number of carbonyl (C=O) groups is 1. The first-order valence-electron chi connectivity index (χ1n) is 6.49. The highest BCUT2D eigenvalue weighted by Crippen LogP contribution is 2.04. The molecule has 0 aliphatic carbocycles. The molecule has 3 nitrogen and oxygen atoms in total. The van der Waals surface area contributed by atoms with E-state index in [9.17, 15) is 4.79 Å². The predicted octanol–water partition coefficient (Wildman–Crippen LogP) is 1.77. The zero-order valence-corrected chi connectivity index (χ0v) is 10.6. The van der Waals surface area contributed by atoms with Gasteiger partial charge in [0.25, 0.3) is 0 Å². The fourth-order valence-corrected chi connectivity index (χ4v) is 1.67. The van der Waals surface area contributed by atoms with Crippen molar-refractivity contribution < 1.29 is 10.1 Å². The van der Waals surface area contributed by atoms with Crippen LogP contribution in [0.1, 0.15) is 32.6 Å². The van der Waals surface area contributed by atoms with E-state index in [0.717, 1.165) is 5.69 Å². The summed E-state index contributed by atoms with van der Waals surface area (Å²) in [6.45, 7) is 4.58. The van der Waals surface area contributed by atoms with Gasteiger partial charge in [-0.05, 0) is 31.4 Å². The van der Waals surface area contributed by atoms with Crippen molar-refractivity contribution in [2.75, 3.05) is 18.4 Å². The van der Waals surface area contributed by atoms with Crippen molar-refractivity contribution in [2.24, 2.45) is 0 Å². The number of piperidine rings is 1. The van der Waals surface area contributed by atoms with Crippen LogP contribution in [0.2, 0.25) is 0 Å². The lowest BCUT2D eigenvalue weighted by Crippen LogP contribution is -2.85. The molecule has 1 aliphatic rings. The summed E-state index contributed by atoms with van der Waals surface area (Å²) >= 11 is 0. The van der Waals surface area contributed by atoms with Crippen LogP contribution < -0.4 is 10.6 Å². The minimum absolute atomic E-state index is 0.0520. The molecule has 0 radical (unpaired) electrons. The zero-order valence-electron chi connectivity index (χ0n) is 10.6. The Hall–Kier alpha value is -1.35. The number of carbonyl (C=O) groups excluding carboxylic acids is 1. The van der Waals surface area contributed by atoms with E-state index in [-0.39, 0.29) is 5.91 Å². The molecule has 0 saturated carbocycles. The first-order valence-corrected chi connectivity index (χ1v) is 6.49. The fraction of sp³-hybridized carbons (Fsp3) is 0.500. The molecule has 1 aliphatic heterocycles. The van der Waals surface area contributed by atoms with Gasteiger partial charge >= 0.3 is 0 Å². The molecule has 1 aromatic carbocycles. The molecule has 2 rings (SSSR count).